The molecule has 2 saturated heterocycles. The minimum Gasteiger partial charge on any atom is -0.400 e. The average molecular weight is 584 g/mol. The Balaban J connectivity index is 0.000000966. The number of aliphatic imine (C=N–C) groups is 1. The third kappa shape index (κ3) is 6.90. The van der Waals surface area contributed by atoms with Crippen LogP contribution in [0.1, 0.15) is 56.2 Å². The number of fused-ring (bicyclic) bond motifs is 2. The van der Waals surface area contributed by atoms with Crippen molar-refractivity contribution in [3.63, 3.8) is 0 Å². The van der Waals surface area contributed by atoms with Crippen molar-refractivity contribution in [2.75, 3.05) is 48.0 Å². The number of aliphatic hydroxyl groups excluding tert-OH is 1. The lowest BCUT2D eigenvalue weighted by atomic mass is 9.87. The number of aliphatic hydroxyl groups is 1. The minimum atomic E-state index is -0.314. The third-order valence-electron chi connectivity index (χ3n) is 8.48. The molecule has 42 heavy (non-hydrogen) atoms. The highest BCUT2D eigenvalue weighted by atomic mass is 19.1. The van der Waals surface area contributed by atoms with E-state index < -0.39 is 0 Å². The molecule has 0 amide bonds. The summed E-state index contributed by atoms with van der Waals surface area (Å²) in [4.78, 5) is 9.61. The zero-order valence-electron chi connectivity index (χ0n) is 26.5. The number of nitrogens with zero attached hydrogens (tertiary/aromatic N) is 3. The molecule has 7 heteroatoms. The van der Waals surface area contributed by atoms with Crippen LogP contribution in [0.2, 0.25) is 0 Å². The summed E-state index contributed by atoms with van der Waals surface area (Å²) in [6.07, 6.45) is 9.02. The van der Waals surface area contributed by atoms with E-state index in [0.29, 0.717) is 37.0 Å². The van der Waals surface area contributed by atoms with Gasteiger partial charge >= 0.3 is 0 Å². The van der Waals surface area contributed by atoms with E-state index in [2.05, 4.69) is 18.1 Å². The fourth-order valence-electron chi connectivity index (χ4n) is 6.39. The van der Waals surface area contributed by atoms with E-state index in [1.54, 1.807) is 6.07 Å². The number of benzene rings is 2. The van der Waals surface area contributed by atoms with Gasteiger partial charge in [-0.3, -0.25) is 14.3 Å². The van der Waals surface area contributed by atoms with Crippen molar-refractivity contribution in [3.05, 3.63) is 89.2 Å². The molecule has 0 spiro atoms. The average Bonchev–Trinajstić information content (AvgIpc) is 3.59. The summed E-state index contributed by atoms with van der Waals surface area (Å²) >= 11 is 0. The van der Waals surface area contributed by atoms with E-state index in [4.69, 9.17) is 10.1 Å². The Hall–Kier alpha value is -3.16. The molecule has 0 radical (unpaired) electrons. The van der Waals surface area contributed by atoms with Gasteiger partial charge in [-0.15, -0.1) is 13.2 Å². The van der Waals surface area contributed by atoms with Crippen LogP contribution in [0.25, 0.3) is 16.3 Å². The van der Waals surface area contributed by atoms with Crippen LogP contribution in [0, 0.1) is 12.7 Å². The molecule has 4 nitrogen and oxygen atoms in total. The van der Waals surface area contributed by atoms with Gasteiger partial charge in [-0.05, 0) is 92.6 Å². The Labute approximate surface area is 250 Å². The summed E-state index contributed by atoms with van der Waals surface area (Å²) in [5.41, 5.74) is 5.18. The third-order valence-corrected chi connectivity index (χ3v) is 8.48. The fraction of sp³-hybridized carbons (Fsp3) is 0.457. The number of alkyl halides is 1. The first-order valence-corrected chi connectivity index (χ1v) is 14.6. The SMILES string of the molecule is C=C.CCc1c(F)ccc2cc(C)cc(C3=C(F)C(=NCC45CCCN4CCC5)/C(=C(\C)N(C)C)C=C3)c12.CF.CO. The first kappa shape index (κ1) is 35.0. The van der Waals surface area contributed by atoms with Gasteiger partial charge in [0.05, 0.1) is 13.7 Å². The van der Waals surface area contributed by atoms with Crippen molar-refractivity contribution in [2.45, 2.75) is 58.4 Å². The van der Waals surface area contributed by atoms with Crippen molar-refractivity contribution in [1.29, 1.82) is 0 Å². The van der Waals surface area contributed by atoms with Crippen LogP contribution < -0.4 is 0 Å². The summed E-state index contributed by atoms with van der Waals surface area (Å²) in [6, 6.07) is 7.36. The Morgan fingerprint density at radius 3 is 2.24 bits per heavy atom. The first-order chi connectivity index (χ1) is 20.3. The van der Waals surface area contributed by atoms with Crippen molar-refractivity contribution in [1.82, 2.24) is 9.80 Å². The van der Waals surface area contributed by atoms with Gasteiger partial charge in [-0.1, -0.05) is 37.3 Å². The van der Waals surface area contributed by atoms with Crippen molar-refractivity contribution < 1.29 is 18.3 Å². The van der Waals surface area contributed by atoms with Gasteiger partial charge in [0.25, 0.3) is 0 Å². The van der Waals surface area contributed by atoms with E-state index in [9.17, 15) is 8.78 Å². The van der Waals surface area contributed by atoms with E-state index in [0.717, 1.165) is 66.2 Å². The number of hydrogen-bond donors (Lipinski definition) is 1. The Morgan fingerprint density at radius 1 is 1.05 bits per heavy atom. The highest BCUT2D eigenvalue weighted by molar-refractivity contribution is 6.21. The van der Waals surface area contributed by atoms with Crippen LogP contribution in [0.4, 0.5) is 13.2 Å². The minimum absolute atomic E-state index is 0.0697. The summed E-state index contributed by atoms with van der Waals surface area (Å²) < 4.78 is 41.0. The number of aryl methyl sites for hydroxylation is 2. The van der Waals surface area contributed by atoms with Crippen molar-refractivity contribution >= 4 is 22.1 Å². The smallest absolute Gasteiger partial charge is 0.156 e. The number of hydrogen-bond acceptors (Lipinski definition) is 4. The molecule has 2 fully saturated rings. The fourth-order valence-corrected chi connectivity index (χ4v) is 6.39. The van der Waals surface area contributed by atoms with Crippen LogP contribution in [0.15, 0.2) is 71.7 Å². The summed E-state index contributed by atoms with van der Waals surface area (Å²) in [5, 5.41) is 8.73. The Bertz CT molecular complexity index is 1350. The normalized spacial score (nSPS) is 19.4. The quantitative estimate of drug-likeness (QED) is 0.363. The van der Waals surface area contributed by atoms with Gasteiger partial charge in [-0.2, -0.15) is 0 Å². The predicted molar refractivity (Wildman–Crippen MR) is 173 cm³/mol. The highest BCUT2D eigenvalue weighted by Gasteiger charge is 2.44. The summed E-state index contributed by atoms with van der Waals surface area (Å²) in [6.45, 7) is 14.8. The number of halogens is 3. The van der Waals surface area contributed by atoms with E-state index >= 15 is 4.39 Å². The molecule has 2 aromatic carbocycles. The highest BCUT2D eigenvalue weighted by Crippen LogP contribution is 2.41. The topological polar surface area (TPSA) is 39.1 Å². The Kier molecular flexibility index (Phi) is 13.3. The number of allylic oxidation sites excluding steroid dienone is 6. The maximum Gasteiger partial charge on any atom is 0.156 e. The monoisotopic (exact) mass is 583 g/mol. The van der Waals surface area contributed by atoms with Gasteiger partial charge < -0.3 is 10.0 Å². The molecule has 1 aliphatic carbocycles. The van der Waals surface area contributed by atoms with E-state index in [1.165, 1.54) is 18.9 Å². The molecule has 2 aliphatic heterocycles. The molecular formula is C35H48F3N3O. The summed E-state index contributed by atoms with van der Waals surface area (Å²) in [5.74, 6) is -0.554. The molecule has 2 aromatic rings. The van der Waals surface area contributed by atoms with Crippen molar-refractivity contribution in [2.24, 2.45) is 4.99 Å². The van der Waals surface area contributed by atoms with E-state index in [-0.39, 0.29) is 17.2 Å². The van der Waals surface area contributed by atoms with Crippen LogP contribution >= 0.6 is 0 Å². The molecule has 230 valence electrons. The molecule has 3 aliphatic rings. The van der Waals surface area contributed by atoms with Crippen LogP contribution in [0.5, 0.6) is 0 Å². The molecule has 0 aromatic heterocycles. The maximum atomic E-state index is 16.6. The predicted octanol–water partition coefficient (Wildman–Crippen LogP) is 8.00. The molecule has 0 atom stereocenters. The maximum absolute atomic E-state index is 16.6. The summed E-state index contributed by atoms with van der Waals surface area (Å²) in [7, 11) is 5.45. The molecule has 0 saturated carbocycles. The van der Waals surface area contributed by atoms with Gasteiger partial charge in [0.15, 0.2) is 5.83 Å². The van der Waals surface area contributed by atoms with Gasteiger partial charge in [-0.25, -0.2) is 8.78 Å². The lowest BCUT2D eigenvalue weighted by molar-refractivity contribution is 0.204. The largest absolute Gasteiger partial charge is 0.400 e. The second-order valence-corrected chi connectivity index (χ2v) is 10.8. The Morgan fingerprint density at radius 2 is 1.67 bits per heavy atom. The van der Waals surface area contributed by atoms with Crippen LogP contribution in [0.3, 0.4) is 0 Å². The lowest BCUT2D eigenvalue weighted by Gasteiger charge is -2.31. The standard InChI is InChI=1S/C31H37F2N3.C2H4.CH3F.CH4O/c1-6-23-27(32)12-9-22-17-20(2)18-26(28(22)23)25-11-10-24(21(3)35(4)5)30(29(25)33)34-19-31-13-7-15-36(31)16-8-14-31;3*1-2/h9-12,17-18H,6-8,13-16,19H2,1-5H3;1-2H2;1H3;2H,1H3/b24-21+,34-30?;;;. The van der Waals surface area contributed by atoms with Gasteiger partial charge in [0, 0.05) is 43.6 Å². The zero-order valence-corrected chi connectivity index (χ0v) is 26.5. The first-order valence-electron chi connectivity index (χ1n) is 14.6. The molecular weight excluding hydrogens is 535 g/mol. The molecule has 0 unspecified atom stereocenters. The second-order valence-electron chi connectivity index (χ2n) is 10.8. The van der Waals surface area contributed by atoms with Crippen LogP contribution in [-0.4, -0.2) is 74.2 Å². The molecule has 5 rings (SSSR count). The lowest BCUT2D eigenvalue weighted by Crippen LogP contribution is -2.41. The van der Waals surface area contributed by atoms with Crippen molar-refractivity contribution in [3.8, 4) is 0 Å². The molecule has 0 bridgehead atoms. The van der Waals surface area contributed by atoms with Gasteiger partial charge in [0.2, 0.25) is 0 Å². The van der Waals surface area contributed by atoms with Gasteiger partial charge in [0.1, 0.15) is 11.5 Å². The van der Waals surface area contributed by atoms with E-state index in [1.807, 2.05) is 64.1 Å². The number of rotatable bonds is 5. The molecule has 1 N–H and O–H groups in total. The zero-order chi connectivity index (χ0) is 31.6. The van der Waals surface area contributed by atoms with Crippen LogP contribution in [-0.2, 0) is 6.42 Å². The molecule has 2 heterocycles. The second kappa shape index (κ2) is 15.9.